The van der Waals surface area contributed by atoms with Gasteiger partial charge in [0.1, 0.15) is 0 Å². The van der Waals surface area contributed by atoms with Crippen molar-refractivity contribution in [2.75, 3.05) is 19.0 Å². The molecule has 2 aromatic rings. The van der Waals surface area contributed by atoms with Crippen LogP contribution >= 0.6 is 0 Å². The van der Waals surface area contributed by atoms with Gasteiger partial charge in [0, 0.05) is 19.8 Å². The molecular weight excluding hydrogens is 234 g/mol. The van der Waals surface area contributed by atoms with Gasteiger partial charge in [-0.15, -0.1) is 0 Å². The van der Waals surface area contributed by atoms with Gasteiger partial charge in [-0.3, -0.25) is 0 Å². The number of hydrogen-bond donors (Lipinski definition) is 1. The molecule has 0 saturated heterocycles. The highest BCUT2D eigenvalue weighted by Gasteiger charge is 2.01. The molecule has 2 heteroatoms. The van der Waals surface area contributed by atoms with E-state index in [1.165, 1.54) is 5.69 Å². The second-order valence-electron chi connectivity index (χ2n) is 4.70. The summed E-state index contributed by atoms with van der Waals surface area (Å²) in [6.07, 6.45) is 3.19. The lowest BCUT2D eigenvalue weighted by Gasteiger charge is -2.12. The lowest BCUT2D eigenvalue weighted by atomic mass is 10.1. The standard InChI is InChI=1S/C17H19NO/c1-18(2)16-11-8-14(9-12-16)10-13-17(19)15-6-4-3-5-7-15/h3-13,17,19H,1-2H3/b13-10-/t17-/m1/s1. The average Bonchev–Trinajstić information content (AvgIpc) is 2.46. The van der Waals surface area contributed by atoms with Gasteiger partial charge in [0.25, 0.3) is 0 Å². The normalized spacial score (nSPS) is 12.6. The minimum atomic E-state index is -0.560. The summed E-state index contributed by atoms with van der Waals surface area (Å²) in [7, 11) is 4.04. The minimum Gasteiger partial charge on any atom is -0.384 e. The first kappa shape index (κ1) is 13.4. The van der Waals surface area contributed by atoms with Crippen molar-refractivity contribution in [1.29, 1.82) is 0 Å². The van der Waals surface area contributed by atoms with Crippen molar-refractivity contribution >= 4 is 11.8 Å². The molecule has 1 N–H and O–H groups in total. The van der Waals surface area contributed by atoms with Gasteiger partial charge in [0.05, 0.1) is 6.10 Å². The molecule has 98 valence electrons. The molecule has 0 unspecified atom stereocenters. The Kier molecular flexibility index (Phi) is 4.37. The third kappa shape index (κ3) is 3.70. The summed E-state index contributed by atoms with van der Waals surface area (Å²) in [6.45, 7) is 0. The Morgan fingerprint density at radius 1 is 0.947 bits per heavy atom. The molecule has 0 aliphatic rings. The van der Waals surface area contributed by atoms with Crippen molar-refractivity contribution in [3.05, 3.63) is 71.8 Å². The maximum atomic E-state index is 10.0. The Hall–Kier alpha value is -2.06. The predicted octanol–water partition coefficient (Wildman–Crippen LogP) is 3.50. The molecule has 0 spiro atoms. The monoisotopic (exact) mass is 253 g/mol. The van der Waals surface area contributed by atoms with E-state index in [0.717, 1.165) is 11.1 Å². The number of aliphatic hydroxyl groups excluding tert-OH is 1. The number of rotatable bonds is 4. The van der Waals surface area contributed by atoms with Gasteiger partial charge in [0.2, 0.25) is 0 Å². The Balaban J connectivity index is 2.06. The van der Waals surface area contributed by atoms with Crippen molar-refractivity contribution in [1.82, 2.24) is 0 Å². The number of anilines is 1. The predicted molar refractivity (Wildman–Crippen MR) is 81.2 cm³/mol. The Morgan fingerprint density at radius 2 is 1.58 bits per heavy atom. The molecule has 1 atom stereocenters. The van der Waals surface area contributed by atoms with E-state index >= 15 is 0 Å². The van der Waals surface area contributed by atoms with Crippen molar-refractivity contribution in [3.8, 4) is 0 Å². The summed E-state index contributed by atoms with van der Waals surface area (Å²) in [5.41, 5.74) is 3.16. The first-order chi connectivity index (χ1) is 9.16. The van der Waals surface area contributed by atoms with Crippen molar-refractivity contribution in [3.63, 3.8) is 0 Å². The van der Waals surface area contributed by atoms with Gasteiger partial charge in [-0.25, -0.2) is 0 Å². The SMILES string of the molecule is CN(C)c1ccc(/C=C\[C@@H](O)c2ccccc2)cc1. The molecule has 0 amide bonds. The smallest absolute Gasteiger partial charge is 0.0975 e. The van der Waals surface area contributed by atoms with Gasteiger partial charge in [-0.2, -0.15) is 0 Å². The van der Waals surface area contributed by atoms with Gasteiger partial charge in [-0.05, 0) is 23.3 Å². The third-order valence-corrected chi connectivity index (χ3v) is 3.02. The molecule has 19 heavy (non-hydrogen) atoms. The van der Waals surface area contributed by atoms with Crippen LogP contribution in [-0.2, 0) is 0 Å². The summed E-state index contributed by atoms with van der Waals surface area (Å²) in [6, 6.07) is 17.9. The van der Waals surface area contributed by atoms with Crippen LogP contribution in [0.25, 0.3) is 6.08 Å². The molecule has 0 heterocycles. The molecule has 0 bridgehead atoms. The Morgan fingerprint density at radius 3 is 2.16 bits per heavy atom. The topological polar surface area (TPSA) is 23.5 Å². The van der Waals surface area contributed by atoms with Gasteiger partial charge < -0.3 is 10.0 Å². The van der Waals surface area contributed by atoms with E-state index in [1.54, 1.807) is 6.08 Å². The van der Waals surface area contributed by atoms with Crippen LogP contribution in [0.2, 0.25) is 0 Å². The Bertz CT molecular complexity index is 529. The summed E-state index contributed by atoms with van der Waals surface area (Å²) < 4.78 is 0. The zero-order valence-corrected chi connectivity index (χ0v) is 11.3. The van der Waals surface area contributed by atoms with Crippen LogP contribution in [0.15, 0.2) is 60.7 Å². The minimum absolute atomic E-state index is 0.560. The average molecular weight is 253 g/mol. The maximum Gasteiger partial charge on any atom is 0.0975 e. The molecule has 2 aromatic carbocycles. The van der Waals surface area contributed by atoms with Crippen LogP contribution in [-0.4, -0.2) is 19.2 Å². The lowest BCUT2D eigenvalue weighted by molar-refractivity contribution is 0.229. The van der Waals surface area contributed by atoms with E-state index in [9.17, 15) is 5.11 Å². The van der Waals surface area contributed by atoms with Crippen LogP contribution in [0.1, 0.15) is 17.2 Å². The van der Waals surface area contributed by atoms with E-state index in [1.807, 2.05) is 62.6 Å². The summed E-state index contributed by atoms with van der Waals surface area (Å²) in [5.74, 6) is 0. The quantitative estimate of drug-likeness (QED) is 0.901. The van der Waals surface area contributed by atoms with Crippen LogP contribution in [0.3, 0.4) is 0 Å². The highest BCUT2D eigenvalue weighted by atomic mass is 16.3. The van der Waals surface area contributed by atoms with Crippen LogP contribution in [0.4, 0.5) is 5.69 Å². The third-order valence-electron chi connectivity index (χ3n) is 3.02. The second-order valence-corrected chi connectivity index (χ2v) is 4.70. The van der Waals surface area contributed by atoms with E-state index < -0.39 is 6.10 Å². The number of benzene rings is 2. The molecule has 0 aliphatic heterocycles. The fourth-order valence-corrected chi connectivity index (χ4v) is 1.85. The van der Waals surface area contributed by atoms with E-state index in [-0.39, 0.29) is 0 Å². The van der Waals surface area contributed by atoms with E-state index in [2.05, 4.69) is 17.0 Å². The Labute approximate surface area is 114 Å². The zero-order valence-electron chi connectivity index (χ0n) is 11.3. The molecule has 0 aromatic heterocycles. The molecule has 0 fully saturated rings. The largest absolute Gasteiger partial charge is 0.384 e. The van der Waals surface area contributed by atoms with E-state index in [4.69, 9.17) is 0 Å². The molecule has 0 saturated carbocycles. The highest BCUT2D eigenvalue weighted by Crippen LogP contribution is 2.17. The van der Waals surface area contributed by atoms with Crippen molar-refractivity contribution in [2.45, 2.75) is 6.10 Å². The summed E-state index contributed by atoms with van der Waals surface area (Å²) >= 11 is 0. The van der Waals surface area contributed by atoms with Gasteiger partial charge in [-0.1, -0.05) is 54.6 Å². The first-order valence-electron chi connectivity index (χ1n) is 6.35. The molecule has 2 rings (SSSR count). The van der Waals surface area contributed by atoms with Crippen LogP contribution < -0.4 is 4.90 Å². The summed E-state index contributed by atoms with van der Waals surface area (Å²) in [4.78, 5) is 2.06. The number of nitrogens with zero attached hydrogens (tertiary/aromatic N) is 1. The summed E-state index contributed by atoms with van der Waals surface area (Å²) in [5, 5.41) is 10.0. The van der Waals surface area contributed by atoms with Crippen LogP contribution in [0.5, 0.6) is 0 Å². The fraction of sp³-hybridized carbons (Fsp3) is 0.176. The molecule has 0 aliphatic carbocycles. The van der Waals surface area contributed by atoms with Gasteiger partial charge >= 0.3 is 0 Å². The molecule has 2 nitrogen and oxygen atoms in total. The highest BCUT2D eigenvalue weighted by molar-refractivity contribution is 5.56. The number of aliphatic hydroxyl groups is 1. The fourth-order valence-electron chi connectivity index (χ4n) is 1.85. The van der Waals surface area contributed by atoms with Crippen molar-refractivity contribution in [2.24, 2.45) is 0 Å². The van der Waals surface area contributed by atoms with Crippen molar-refractivity contribution < 1.29 is 5.11 Å². The van der Waals surface area contributed by atoms with Crippen LogP contribution in [0, 0.1) is 0 Å². The lowest BCUT2D eigenvalue weighted by Crippen LogP contribution is -2.07. The first-order valence-corrected chi connectivity index (χ1v) is 6.35. The number of hydrogen-bond acceptors (Lipinski definition) is 2. The molecule has 0 radical (unpaired) electrons. The zero-order chi connectivity index (χ0) is 13.7. The maximum absolute atomic E-state index is 10.0. The molecular formula is C17H19NO. The van der Waals surface area contributed by atoms with E-state index in [0.29, 0.717) is 0 Å². The van der Waals surface area contributed by atoms with Gasteiger partial charge in [0.15, 0.2) is 0 Å². The second kappa shape index (κ2) is 6.21.